The third kappa shape index (κ3) is 4.07. The number of nitrogens with one attached hydrogen (secondary N) is 2. The molecule has 5 N–H and O–H groups in total. The number of anilines is 3. The van der Waals surface area contributed by atoms with E-state index in [1.165, 1.54) is 30.6 Å². The second-order valence-electron chi connectivity index (χ2n) is 4.85. The number of hydrazine groups is 1. The fourth-order valence-electron chi connectivity index (χ4n) is 2.06. The van der Waals surface area contributed by atoms with Gasteiger partial charge in [0.25, 0.3) is 5.91 Å². The Morgan fingerprint density at radius 2 is 2.04 bits per heavy atom. The van der Waals surface area contributed by atoms with Crippen LogP contribution >= 0.6 is 0 Å². The van der Waals surface area contributed by atoms with Crippen molar-refractivity contribution in [3.8, 4) is 0 Å². The molecular formula is C15H19FN6O2. The molecular weight excluding hydrogens is 315 g/mol. The van der Waals surface area contributed by atoms with E-state index in [1.807, 2.05) is 6.92 Å². The smallest absolute Gasteiger partial charge is 0.269 e. The first-order chi connectivity index (χ1) is 11.6. The van der Waals surface area contributed by atoms with Gasteiger partial charge in [0.15, 0.2) is 11.6 Å². The minimum atomic E-state index is -0.461. The second kappa shape index (κ2) is 8.06. The zero-order chi connectivity index (χ0) is 17.5. The first kappa shape index (κ1) is 17.4. The van der Waals surface area contributed by atoms with Crippen LogP contribution < -0.4 is 21.5 Å². The molecule has 128 valence electrons. The van der Waals surface area contributed by atoms with Crippen molar-refractivity contribution in [3.63, 3.8) is 0 Å². The number of nitrogens with zero attached hydrogens (tertiary/aromatic N) is 3. The van der Waals surface area contributed by atoms with Crippen molar-refractivity contribution < 1.29 is 14.3 Å². The fourth-order valence-corrected chi connectivity index (χ4v) is 2.06. The Morgan fingerprint density at radius 3 is 2.67 bits per heavy atom. The van der Waals surface area contributed by atoms with E-state index in [9.17, 15) is 9.18 Å². The van der Waals surface area contributed by atoms with E-state index in [-0.39, 0.29) is 23.7 Å². The number of halogens is 1. The van der Waals surface area contributed by atoms with Crippen LogP contribution in [0.2, 0.25) is 0 Å². The number of benzene rings is 1. The maximum absolute atomic E-state index is 12.9. The summed E-state index contributed by atoms with van der Waals surface area (Å²) in [6, 6.07) is 5.11. The summed E-state index contributed by atoms with van der Waals surface area (Å²) < 4.78 is 12.9. The Kier molecular flexibility index (Phi) is 5.85. The van der Waals surface area contributed by atoms with Crippen LogP contribution in [0.25, 0.3) is 0 Å². The molecule has 0 unspecified atom stereocenters. The van der Waals surface area contributed by atoms with Gasteiger partial charge in [-0.15, -0.1) is 0 Å². The van der Waals surface area contributed by atoms with Crippen molar-refractivity contribution in [1.82, 2.24) is 15.4 Å². The molecule has 0 aliphatic rings. The number of aliphatic hydroxyl groups excluding tert-OH is 1. The minimum absolute atomic E-state index is 0.0403. The number of amides is 1. The van der Waals surface area contributed by atoms with E-state index in [2.05, 4.69) is 20.8 Å². The molecule has 0 bridgehead atoms. The molecule has 9 heteroatoms. The number of aliphatic hydroxyl groups is 1. The number of aromatic nitrogens is 2. The molecule has 2 rings (SSSR count). The van der Waals surface area contributed by atoms with Gasteiger partial charge in [-0.2, -0.15) is 0 Å². The lowest BCUT2D eigenvalue weighted by atomic mass is 10.2. The first-order valence-electron chi connectivity index (χ1n) is 7.35. The van der Waals surface area contributed by atoms with Crippen LogP contribution in [0.15, 0.2) is 30.6 Å². The third-order valence-corrected chi connectivity index (χ3v) is 3.31. The zero-order valence-corrected chi connectivity index (χ0v) is 13.2. The Balaban J connectivity index is 2.10. The van der Waals surface area contributed by atoms with Crippen LogP contribution in [0.1, 0.15) is 17.3 Å². The molecule has 0 spiro atoms. The molecule has 0 radical (unpaired) electrons. The number of rotatable bonds is 7. The van der Waals surface area contributed by atoms with Crippen molar-refractivity contribution in [2.45, 2.75) is 6.92 Å². The predicted molar refractivity (Wildman–Crippen MR) is 88.9 cm³/mol. The first-order valence-corrected chi connectivity index (χ1v) is 7.35. The Labute approximate surface area is 138 Å². The van der Waals surface area contributed by atoms with Crippen LogP contribution in [0.4, 0.5) is 21.7 Å². The monoisotopic (exact) mass is 334 g/mol. The lowest BCUT2D eigenvalue weighted by Crippen LogP contribution is -2.32. The summed E-state index contributed by atoms with van der Waals surface area (Å²) >= 11 is 0. The normalized spacial score (nSPS) is 10.3. The van der Waals surface area contributed by atoms with Gasteiger partial charge in [0.05, 0.1) is 6.61 Å². The second-order valence-corrected chi connectivity index (χ2v) is 4.85. The van der Waals surface area contributed by atoms with Crippen LogP contribution in [-0.4, -0.2) is 40.7 Å². The van der Waals surface area contributed by atoms with Gasteiger partial charge in [-0.05, 0) is 31.2 Å². The minimum Gasteiger partial charge on any atom is -0.395 e. The average Bonchev–Trinajstić information content (AvgIpc) is 2.59. The zero-order valence-electron chi connectivity index (χ0n) is 13.2. The number of nitrogens with two attached hydrogens (primary N) is 1. The van der Waals surface area contributed by atoms with Crippen molar-refractivity contribution in [1.29, 1.82) is 0 Å². The number of carbonyl (C=O) groups excluding carboxylic acids is 1. The van der Waals surface area contributed by atoms with Crippen LogP contribution in [0, 0.1) is 5.82 Å². The van der Waals surface area contributed by atoms with E-state index < -0.39 is 11.7 Å². The molecule has 8 nitrogen and oxygen atoms in total. The molecule has 0 aliphatic heterocycles. The molecule has 0 atom stereocenters. The maximum atomic E-state index is 12.9. The Morgan fingerprint density at radius 1 is 1.33 bits per heavy atom. The molecule has 1 aromatic heterocycles. The highest BCUT2D eigenvalue weighted by Crippen LogP contribution is 2.25. The molecule has 0 fully saturated rings. The van der Waals surface area contributed by atoms with Crippen LogP contribution in [-0.2, 0) is 0 Å². The lowest BCUT2D eigenvalue weighted by molar-refractivity contribution is 0.0962. The highest BCUT2D eigenvalue weighted by Gasteiger charge is 2.14. The van der Waals surface area contributed by atoms with E-state index in [1.54, 1.807) is 4.90 Å². The van der Waals surface area contributed by atoms with Crippen molar-refractivity contribution in [2.75, 3.05) is 35.8 Å². The summed E-state index contributed by atoms with van der Waals surface area (Å²) in [6.07, 6.45) is 1.30. The molecule has 1 aromatic carbocycles. The van der Waals surface area contributed by atoms with Gasteiger partial charge >= 0.3 is 0 Å². The topological polar surface area (TPSA) is 116 Å². The van der Waals surface area contributed by atoms with Gasteiger partial charge < -0.3 is 15.7 Å². The standard InChI is InChI=1S/C15H19FN6O2/c1-2-22(7-8-23)14-12(17)13(18-9-19-14)20-21-15(24)10-3-5-11(16)6-4-10/h3-6,9,23H,2,7-8,17H2,1H3,(H,21,24)(H,18,19,20). The molecule has 24 heavy (non-hydrogen) atoms. The van der Waals surface area contributed by atoms with Gasteiger partial charge in [-0.25, -0.2) is 14.4 Å². The Bertz CT molecular complexity index is 695. The molecule has 1 heterocycles. The average molecular weight is 334 g/mol. The van der Waals surface area contributed by atoms with E-state index in [0.717, 1.165) is 0 Å². The van der Waals surface area contributed by atoms with Gasteiger partial charge in [0, 0.05) is 18.7 Å². The molecule has 0 saturated heterocycles. The van der Waals surface area contributed by atoms with Crippen molar-refractivity contribution >= 4 is 23.2 Å². The van der Waals surface area contributed by atoms with Crippen LogP contribution in [0.3, 0.4) is 0 Å². The van der Waals surface area contributed by atoms with Crippen molar-refractivity contribution in [3.05, 3.63) is 42.0 Å². The number of nitrogen functional groups attached to an aromatic ring is 1. The largest absolute Gasteiger partial charge is 0.395 e. The van der Waals surface area contributed by atoms with E-state index in [4.69, 9.17) is 10.8 Å². The van der Waals surface area contributed by atoms with Gasteiger partial charge in [0.2, 0.25) is 0 Å². The summed E-state index contributed by atoms with van der Waals surface area (Å²) in [4.78, 5) is 21.9. The number of hydrogen-bond donors (Lipinski definition) is 4. The SMILES string of the molecule is CCN(CCO)c1ncnc(NNC(=O)c2ccc(F)cc2)c1N. The quantitative estimate of drug-likeness (QED) is 0.553. The number of carbonyl (C=O) groups is 1. The summed E-state index contributed by atoms with van der Waals surface area (Å²) in [5.41, 5.74) is 11.6. The molecule has 0 aliphatic carbocycles. The van der Waals surface area contributed by atoms with E-state index in [0.29, 0.717) is 18.9 Å². The highest BCUT2D eigenvalue weighted by molar-refractivity contribution is 5.95. The molecule has 0 saturated carbocycles. The number of likely N-dealkylation sites (N-methyl/N-ethyl adjacent to an activating group) is 1. The maximum Gasteiger partial charge on any atom is 0.269 e. The summed E-state index contributed by atoms with van der Waals surface area (Å²) in [6.45, 7) is 2.84. The van der Waals surface area contributed by atoms with Crippen molar-refractivity contribution in [2.24, 2.45) is 0 Å². The predicted octanol–water partition coefficient (Wildman–Crippen LogP) is 0.773. The molecule has 2 aromatic rings. The van der Waals surface area contributed by atoms with E-state index >= 15 is 0 Å². The molecule has 1 amide bonds. The van der Waals surface area contributed by atoms with Gasteiger partial charge in [-0.1, -0.05) is 0 Å². The van der Waals surface area contributed by atoms with Crippen LogP contribution in [0.5, 0.6) is 0 Å². The summed E-state index contributed by atoms with van der Waals surface area (Å²) in [7, 11) is 0. The summed E-state index contributed by atoms with van der Waals surface area (Å²) in [5.74, 6) is -0.197. The Hall–Kier alpha value is -2.94. The number of hydrogen-bond acceptors (Lipinski definition) is 7. The van der Waals surface area contributed by atoms with Gasteiger partial charge in [-0.3, -0.25) is 15.6 Å². The summed E-state index contributed by atoms with van der Waals surface area (Å²) in [5, 5.41) is 9.09. The lowest BCUT2D eigenvalue weighted by Gasteiger charge is -2.23. The third-order valence-electron chi connectivity index (χ3n) is 3.31. The van der Waals surface area contributed by atoms with Gasteiger partial charge in [0.1, 0.15) is 17.8 Å². The fraction of sp³-hybridized carbons (Fsp3) is 0.267. The highest BCUT2D eigenvalue weighted by atomic mass is 19.1.